The zero-order valence-corrected chi connectivity index (χ0v) is 16.7. The Balaban J connectivity index is 1.61. The lowest BCUT2D eigenvalue weighted by Crippen LogP contribution is -2.51. The number of methoxy groups -OCH3 is 1. The summed E-state index contributed by atoms with van der Waals surface area (Å²) >= 11 is 0. The van der Waals surface area contributed by atoms with Gasteiger partial charge in [-0.3, -0.25) is 4.99 Å². The molecular weight excluding hydrogens is 340 g/mol. The average Bonchev–Trinajstić information content (AvgIpc) is 3.11. The number of piperidine rings is 1. The molecule has 1 aromatic rings. The molecule has 3 N–H and O–H groups in total. The molecule has 27 heavy (non-hydrogen) atoms. The minimum atomic E-state index is -0.188. The van der Waals surface area contributed by atoms with Crippen LogP contribution in [0.5, 0.6) is 5.75 Å². The number of hydrogen-bond acceptors (Lipinski definition) is 4. The summed E-state index contributed by atoms with van der Waals surface area (Å²) in [5, 5.41) is 17.0. The lowest BCUT2D eigenvalue weighted by molar-refractivity contribution is 0.136. The molecule has 3 rings (SSSR count). The largest absolute Gasteiger partial charge is 0.495 e. The minimum absolute atomic E-state index is 0.188. The number of aliphatic hydroxyl groups is 1. The van der Waals surface area contributed by atoms with Crippen LogP contribution in [0.15, 0.2) is 29.3 Å². The molecule has 3 atom stereocenters. The number of para-hydroxylation sites is 2. The van der Waals surface area contributed by atoms with Gasteiger partial charge in [0.1, 0.15) is 5.75 Å². The fourth-order valence-electron chi connectivity index (χ4n) is 4.16. The molecule has 150 valence electrons. The quantitative estimate of drug-likeness (QED) is 0.527. The van der Waals surface area contributed by atoms with E-state index in [2.05, 4.69) is 34.6 Å². The number of benzene rings is 1. The topological polar surface area (TPSA) is 69.1 Å². The Morgan fingerprint density at radius 1 is 1.26 bits per heavy atom. The molecule has 0 bridgehead atoms. The van der Waals surface area contributed by atoms with E-state index in [0.717, 1.165) is 69.1 Å². The number of rotatable bonds is 6. The zero-order valence-electron chi connectivity index (χ0n) is 16.7. The highest BCUT2D eigenvalue weighted by Crippen LogP contribution is 2.30. The summed E-state index contributed by atoms with van der Waals surface area (Å²) in [7, 11) is 1.73. The molecule has 0 radical (unpaired) electrons. The molecule has 1 heterocycles. The third kappa shape index (κ3) is 5.28. The molecule has 1 aromatic carbocycles. The summed E-state index contributed by atoms with van der Waals surface area (Å²) in [6, 6.07) is 8.56. The van der Waals surface area contributed by atoms with Crippen LogP contribution in [0.3, 0.4) is 0 Å². The van der Waals surface area contributed by atoms with E-state index in [4.69, 9.17) is 9.73 Å². The third-order valence-corrected chi connectivity index (χ3v) is 5.64. The number of guanidine groups is 1. The van der Waals surface area contributed by atoms with Gasteiger partial charge in [0.2, 0.25) is 0 Å². The van der Waals surface area contributed by atoms with Crippen molar-refractivity contribution >= 4 is 11.6 Å². The van der Waals surface area contributed by atoms with Crippen LogP contribution in [-0.4, -0.2) is 56.5 Å². The van der Waals surface area contributed by atoms with Crippen molar-refractivity contribution < 1.29 is 9.84 Å². The molecule has 0 spiro atoms. The van der Waals surface area contributed by atoms with Gasteiger partial charge >= 0.3 is 0 Å². The molecule has 1 saturated carbocycles. The third-order valence-electron chi connectivity index (χ3n) is 5.64. The second kappa shape index (κ2) is 9.83. The summed E-state index contributed by atoms with van der Waals surface area (Å²) in [5.41, 5.74) is 1.16. The van der Waals surface area contributed by atoms with Crippen LogP contribution in [0, 0.1) is 5.92 Å². The Bertz CT molecular complexity index is 622. The normalized spacial score (nSPS) is 26.1. The Hall–Kier alpha value is -1.95. The molecule has 6 heteroatoms. The SMILES string of the molecule is CCNC(=NCC1CCCC1O)NC1CCCN(c2ccccc2OC)C1. The van der Waals surface area contributed by atoms with Gasteiger partial charge in [-0.25, -0.2) is 0 Å². The molecule has 0 aromatic heterocycles. The number of nitrogens with zero attached hydrogens (tertiary/aromatic N) is 2. The van der Waals surface area contributed by atoms with Gasteiger partial charge in [0, 0.05) is 38.1 Å². The van der Waals surface area contributed by atoms with Gasteiger partial charge in [-0.2, -0.15) is 0 Å². The fraction of sp³-hybridized carbons (Fsp3) is 0.667. The van der Waals surface area contributed by atoms with Gasteiger partial charge in [-0.15, -0.1) is 0 Å². The standard InChI is InChI=1S/C21H34N4O2/c1-3-22-21(23-14-16-8-6-11-19(16)26)24-17-9-7-13-25(15-17)18-10-4-5-12-20(18)27-2/h4-5,10,12,16-17,19,26H,3,6-9,11,13-15H2,1-2H3,(H2,22,23,24). The van der Waals surface area contributed by atoms with Crippen molar-refractivity contribution in [3.05, 3.63) is 24.3 Å². The van der Waals surface area contributed by atoms with E-state index in [1.54, 1.807) is 7.11 Å². The Kier molecular flexibility index (Phi) is 7.21. The molecule has 1 aliphatic carbocycles. The van der Waals surface area contributed by atoms with E-state index in [0.29, 0.717) is 18.5 Å². The first-order valence-corrected chi connectivity index (χ1v) is 10.3. The van der Waals surface area contributed by atoms with Crippen LogP contribution in [0.4, 0.5) is 5.69 Å². The van der Waals surface area contributed by atoms with Crippen molar-refractivity contribution in [2.45, 2.75) is 51.2 Å². The predicted molar refractivity (Wildman–Crippen MR) is 111 cm³/mol. The molecule has 6 nitrogen and oxygen atoms in total. The van der Waals surface area contributed by atoms with Gasteiger partial charge in [-0.05, 0) is 44.7 Å². The second-order valence-corrected chi connectivity index (χ2v) is 7.58. The highest BCUT2D eigenvalue weighted by molar-refractivity contribution is 5.80. The second-order valence-electron chi connectivity index (χ2n) is 7.58. The van der Waals surface area contributed by atoms with Gasteiger partial charge in [-0.1, -0.05) is 18.6 Å². The van der Waals surface area contributed by atoms with E-state index >= 15 is 0 Å². The lowest BCUT2D eigenvalue weighted by atomic mass is 10.0. The monoisotopic (exact) mass is 374 g/mol. The first kappa shape index (κ1) is 19.8. The molecule has 2 aliphatic rings. The summed E-state index contributed by atoms with van der Waals surface area (Å²) in [6.45, 7) is 5.59. The number of nitrogens with one attached hydrogen (secondary N) is 2. The number of ether oxygens (including phenoxy) is 1. The van der Waals surface area contributed by atoms with Gasteiger partial charge in [0.25, 0.3) is 0 Å². The van der Waals surface area contributed by atoms with E-state index < -0.39 is 0 Å². The maximum atomic E-state index is 10.0. The molecule has 0 amide bonds. The van der Waals surface area contributed by atoms with Crippen molar-refractivity contribution in [1.29, 1.82) is 0 Å². The minimum Gasteiger partial charge on any atom is -0.495 e. The van der Waals surface area contributed by atoms with Crippen molar-refractivity contribution in [1.82, 2.24) is 10.6 Å². The number of anilines is 1. The molecule has 1 aliphatic heterocycles. The summed E-state index contributed by atoms with van der Waals surface area (Å²) < 4.78 is 5.54. The summed E-state index contributed by atoms with van der Waals surface area (Å²) in [4.78, 5) is 7.16. The molecule has 1 saturated heterocycles. The number of aliphatic imine (C=N–C) groups is 1. The van der Waals surface area contributed by atoms with Crippen LogP contribution in [0.1, 0.15) is 39.0 Å². The number of aliphatic hydroxyl groups excluding tert-OH is 1. The first-order valence-electron chi connectivity index (χ1n) is 10.3. The van der Waals surface area contributed by atoms with Crippen LogP contribution >= 0.6 is 0 Å². The Labute approximate surface area is 163 Å². The van der Waals surface area contributed by atoms with Gasteiger partial charge in [0.15, 0.2) is 5.96 Å². The van der Waals surface area contributed by atoms with Gasteiger partial charge < -0.3 is 25.4 Å². The van der Waals surface area contributed by atoms with E-state index in [-0.39, 0.29) is 6.10 Å². The van der Waals surface area contributed by atoms with Crippen LogP contribution in [0.2, 0.25) is 0 Å². The Morgan fingerprint density at radius 3 is 2.85 bits per heavy atom. The molecule has 3 unspecified atom stereocenters. The van der Waals surface area contributed by atoms with Crippen LogP contribution < -0.4 is 20.3 Å². The van der Waals surface area contributed by atoms with Crippen molar-refractivity contribution in [2.24, 2.45) is 10.9 Å². The highest BCUT2D eigenvalue weighted by Gasteiger charge is 2.26. The van der Waals surface area contributed by atoms with Crippen LogP contribution in [-0.2, 0) is 0 Å². The summed E-state index contributed by atoms with van der Waals surface area (Å²) in [6.07, 6.45) is 5.18. The molecule has 2 fully saturated rings. The smallest absolute Gasteiger partial charge is 0.191 e. The first-order chi connectivity index (χ1) is 13.2. The van der Waals surface area contributed by atoms with Gasteiger partial charge in [0.05, 0.1) is 18.9 Å². The fourth-order valence-corrected chi connectivity index (χ4v) is 4.16. The van der Waals surface area contributed by atoms with Crippen molar-refractivity contribution in [2.75, 3.05) is 38.2 Å². The number of hydrogen-bond donors (Lipinski definition) is 3. The zero-order chi connectivity index (χ0) is 19.1. The van der Waals surface area contributed by atoms with Crippen molar-refractivity contribution in [3.8, 4) is 5.75 Å². The Morgan fingerprint density at radius 2 is 2.11 bits per heavy atom. The highest BCUT2D eigenvalue weighted by atomic mass is 16.5. The predicted octanol–water partition coefficient (Wildman–Crippen LogP) is 2.38. The lowest BCUT2D eigenvalue weighted by Gasteiger charge is -2.36. The average molecular weight is 375 g/mol. The van der Waals surface area contributed by atoms with E-state index in [1.807, 2.05) is 12.1 Å². The van der Waals surface area contributed by atoms with E-state index in [1.165, 1.54) is 0 Å². The maximum absolute atomic E-state index is 10.0. The van der Waals surface area contributed by atoms with Crippen LogP contribution in [0.25, 0.3) is 0 Å². The maximum Gasteiger partial charge on any atom is 0.191 e. The summed E-state index contributed by atoms with van der Waals surface area (Å²) in [5.74, 6) is 2.09. The van der Waals surface area contributed by atoms with Crippen molar-refractivity contribution in [3.63, 3.8) is 0 Å². The molecular formula is C21H34N4O2. The van der Waals surface area contributed by atoms with E-state index in [9.17, 15) is 5.11 Å².